The van der Waals surface area contributed by atoms with Gasteiger partial charge in [-0.3, -0.25) is 0 Å². The van der Waals surface area contributed by atoms with Crippen molar-refractivity contribution < 1.29 is 0 Å². The second-order valence-corrected chi connectivity index (χ2v) is 4.54. The van der Waals surface area contributed by atoms with Crippen molar-refractivity contribution in [3.05, 3.63) is 52.9 Å². The molecule has 0 amide bonds. The minimum Gasteiger partial charge on any atom is -0.249 e. The van der Waals surface area contributed by atoms with Crippen LogP contribution in [0.15, 0.2) is 35.9 Å². The predicted octanol–water partition coefficient (Wildman–Crippen LogP) is 3.45. The van der Waals surface area contributed by atoms with Gasteiger partial charge >= 0.3 is 0 Å². The highest BCUT2D eigenvalue weighted by Gasteiger charge is 2.08. The van der Waals surface area contributed by atoms with Crippen LogP contribution in [0.2, 0.25) is 0 Å². The van der Waals surface area contributed by atoms with Crippen molar-refractivity contribution in [2.45, 2.75) is 20.3 Å². The van der Waals surface area contributed by atoms with Crippen LogP contribution in [0.3, 0.4) is 0 Å². The largest absolute Gasteiger partial charge is 0.249 e. The maximum absolute atomic E-state index is 4.71. The molecule has 17 heavy (non-hydrogen) atoms. The maximum atomic E-state index is 4.71. The van der Waals surface area contributed by atoms with Crippen LogP contribution < -0.4 is 0 Å². The van der Waals surface area contributed by atoms with Crippen molar-refractivity contribution in [3.8, 4) is 0 Å². The summed E-state index contributed by atoms with van der Waals surface area (Å²) in [6.07, 6.45) is 7.23. The minimum atomic E-state index is 0.861. The van der Waals surface area contributed by atoms with Crippen LogP contribution in [-0.2, 0) is 6.42 Å². The number of benzene rings is 1. The van der Waals surface area contributed by atoms with Gasteiger partial charge in [0.25, 0.3) is 0 Å². The molecule has 84 valence electrons. The van der Waals surface area contributed by atoms with Gasteiger partial charge in [-0.25, -0.2) is 9.97 Å². The summed E-state index contributed by atoms with van der Waals surface area (Å²) in [5.41, 5.74) is 6.48. The third-order valence-electron chi connectivity index (χ3n) is 2.98. The highest BCUT2D eigenvalue weighted by atomic mass is 14.8. The Bertz CT molecular complexity index is 651. The molecule has 0 saturated heterocycles. The third-order valence-corrected chi connectivity index (χ3v) is 2.98. The van der Waals surface area contributed by atoms with E-state index in [2.05, 4.69) is 49.2 Å². The van der Waals surface area contributed by atoms with Crippen LogP contribution in [0.1, 0.15) is 23.9 Å². The summed E-state index contributed by atoms with van der Waals surface area (Å²) in [6.45, 7) is 4.17. The summed E-state index contributed by atoms with van der Waals surface area (Å²) < 4.78 is 0. The van der Waals surface area contributed by atoms with Gasteiger partial charge < -0.3 is 0 Å². The number of aromatic nitrogens is 2. The summed E-state index contributed by atoms with van der Waals surface area (Å²) in [5, 5.41) is 0. The molecule has 1 aromatic carbocycles. The van der Waals surface area contributed by atoms with Crippen molar-refractivity contribution in [1.82, 2.24) is 9.97 Å². The summed E-state index contributed by atoms with van der Waals surface area (Å²) in [7, 11) is 0. The quantitative estimate of drug-likeness (QED) is 0.682. The van der Waals surface area contributed by atoms with Crippen LogP contribution in [0, 0.1) is 6.92 Å². The van der Waals surface area contributed by atoms with E-state index < -0.39 is 0 Å². The van der Waals surface area contributed by atoms with E-state index in [0.717, 1.165) is 28.8 Å². The van der Waals surface area contributed by atoms with Gasteiger partial charge in [0.2, 0.25) is 0 Å². The zero-order valence-electron chi connectivity index (χ0n) is 10.1. The van der Waals surface area contributed by atoms with Crippen LogP contribution in [-0.4, -0.2) is 9.97 Å². The number of allylic oxidation sites excluding steroid dienone is 3. The Kier molecular flexibility index (Phi) is 2.29. The summed E-state index contributed by atoms with van der Waals surface area (Å²) in [5.74, 6) is 0. The average molecular weight is 222 g/mol. The molecule has 0 N–H and O–H groups in total. The summed E-state index contributed by atoms with van der Waals surface area (Å²) >= 11 is 0. The van der Waals surface area contributed by atoms with Crippen molar-refractivity contribution in [2.75, 3.05) is 0 Å². The van der Waals surface area contributed by atoms with Crippen LogP contribution in [0.4, 0.5) is 0 Å². The molecule has 1 aliphatic rings. The van der Waals surface area contributed by atoms with Gasteiger partial charge in [-0.1, -0.05) is 18.2 Å². The number of fused-ring (bicyclic) bond motifs is 2. The Morgan fingerprint density at radius 3 is 2.82 bits per heavy atom. The molecular formula is C15H14N2. The van der Waals surface area contributed by atoms with Crippen LogP contribution in [0.5, 0.6) is 0 Å². The fourth-order valence-electron chi connectivity index (χ4n) is 2.10. The molecule has 3 rings (SSSR count). The first-order chi connectivity index (χ1) is 8.22. The lowest BCUT2D eigenvalue weighted by molar-refractivity contribution is 1.09. The van der Waals surface area contributed by atoms with E-state index in [4.69, 9.17) is 4.98 Å². The molecule has 0 atom stereocenters. The van der Waals surface area contributed by atoms with Gasteiger partial charge in [0, 0.05) is 6.42 Å². The lowest BCUT2D eigenvalue weighted by Gasteiger charge is -2.05. The van der Waals surface area contributed by atoms with Crippen LogP contribution in [0.25, 0.3) is 17.1 Å². The Labute approximate surface area is 101 Å². The third kappa shape index (κ3) is 1.86. The van der Waals surface area contributed by atoms with Gasteiger partial charge in [-0.15, -0.1) is 0 Å². The summed E-state index contributed by atoms with van der Waals surface area (Å²) in [6, 6.07) is 6.21. The van der Waals surface area contributed by atoms with Gasteiger partial charge in [-0.05, 0) is 43.2 Å². The number of hydrogen-bond donors (Lipinski definition) is 0. The van der Waals surface area contributed by atoms with E-state index in [-0.39, 0.29) is 0 Å². The first-order valence-electron chi connectivity index (χ1n) is 5.84. The highest BCUT2D eigenvalue weighted by molar-refractivity contribution is 5.77. The molecule has 1 heterocycles. The van der Waals surface area contributed by atoms with E-state index in [0.29, 0.717) is 0 Å². The van der Waals surface area contributed by atoms with Crippen LogP contribution >= 0.6 is 0 Å². The Balaban J connectivity index is 2.28. The molecule has 1 aliphatic carbocycles. The number of aryl methyl sites for hydroxylation is 1. The van der Waals surface area contributed by atoms with Crippen molar-refractivity contribution in [2.24, 2.45) is 0 Å². The molecule has 0 aliphatic heterocycles. The fourth-order valence-corrected chi connectivity index (χ4v) is 2.10. The predicted molar refractivity (Wildman–Crippen MR) is 70.8 cm³/mol. The average Bonchev–Trinajstić information content (AvgIpc) is 2.46. The number of nitrogens with zero attached hydrogens (tertiary/aromatic N) is 2. The topological polar surface area (TPSA) is 25.8 Å². The molecule has 1 aromatic heterocycles. The molecule has 0 spiro atoms. The molecule has 0 bridgehead atoms. The molecule has 0 fully saturated rings. The second kappa shape index (κ2) is 3.81. The lowest BCUT2D eigenvalue weighted by atomic mass is 10.1. The normalized spacial score (nSPS) is 14.4. The van der Waals surface area contributed by atoms with E-state index >= 15 is 0 Å². The minimum absolute atomic E-state index is 0.861. The standard InChI is InChI=1S/C15H14N2/c1-10-4-3-5-12-14(8-10)17-13-7-6-11(2)9-15(13)16-12/h3-4,6-9H,5H2,1-2H3. The molecule has 0 saturated carbocycles. The van der Waals surface area contributed by atoms with E-state index in [1.165, 1.54) is 11.1 Å². The SMILES string of the molecule is CC1=Cc2nc3ccc(C)cc3nc2CC=C1. The molecular weight excluding hydrogens is 208 g/mol. The maximum Gasteiger partial charge on any atom is 0.0894 e. The van der Waals surface area contributed by atoms with E-state index in [9.17, 15) is 0 Å². The van der Waals surface area contributed by atoms with Gasteiger partial charge in [0.15, 0.2) is 0 Å². The molecule has 0 radical (unpaired) electrons. The highest BCUT2D eigenvalue weighted by Crippen LogP contribution is 2.19. The monoisotopic (exact) mass is 222 g/mol. The Hall–Kier alpha value is -1.96. The molecule has 0 unspecified atom stereocenters. The Morgan fingerprint density at radius 1 is 1.06 bits per heavy atom. The molecule has 2 aromatic rings. The molecule has 2 heteroatoms. The van der Waals surface area contributed by atoms with Gasteiger partial charge in [0.05, 0.1) is 22.4 Å². The van der Waals surface area contributed by atoms with Gasteiger partial charge in [0.1, 0.15) is 0 Å². The van der Waals surface area contributed by atoms with E-state index in [1.54, 1.807) is 0 Å². The molecule has 2 nitrogen and oxygen atoms in total. The van der Waals surface area contributed by atoms with Gasteiger partial charge in [-0.2, -0.15) is 0 Å². The van der Waals surface area contributed by atoms with E-state index in [1.807, 2.05) is 6.07 Å². The zero-order valence-corrected chi connectivity index (χ0v) is 10.1. The smallest absolute Gasteiger partial charge is 0.0894 e. The first-order valence-corrected chi connectivity index (χ1v) is 5.84. The fraction of sp³-hybridized carbons (Fsp3) is 0.200. The zero-order chi connectivity index (χ0) is 11.8. The number of rotatable bonds is 0. The van der Waals surface area contributed by atoms with Crippen molar-refractivity contribution in [1.29, 1.82) is 0 Å². The first kappa shape index (κ1) is 10.2. The van der Waals surface area contributed by atoms with Crippen molar-refractivity contribution in [3.63, 3.8) is 0 Å². The Morgan fingerprint density at radius 2 is 1.94 bits per heavy atom. The summed E-state index contributed by atoms with van der Waals surface area (Å²) in [4.78, 5) is 9.40. The lowest BCUT2D eigenvalue weighted by Crippen LogP contribution is -1.97. The van der Waals surface area contributed by atoms with Crippen molar-refractivity contribution >= 4 is 17.1 Å². The number of hydrogen-bond acceptors (Lipinski definition) is 2. The second-order valence-electron chi connectivity index (χ2n) is 4.54.